The van der Waals surface area contributed by atoms with Gasteiger partial charge in [0, 0.05) is 23.4 Å². The minimum Gasteiger partial charge on any atom is -0.439 e. The van der Waals surface area contributed by atoms with Crippen LogP contribution in [0.5, 0.6) is 11.6 Å². The second-order valence-electron chi connectivity index (χ2n) is 5.50. The summed E-state index contributed by atoms with van der Waals surface area (Å²) in [5, 5.41) is 2.92. The third-order valence-corrected chi connectivity index (χ3v) is 2.44. The van der Waals surface area contributed by atoms with Crippen LogP contribution in [0.2, 0.25) is 0 Å². The smallest absolute Gasteiger partial charge is 0.251 e. The molecule has 2 rings (SSSR count). The SMILES string of the molecule is CC(C)(C)NC(=O)c1cccc(Oc2ccccn2)c1. The molecule has 1 aromatic heterocycles. The maximum Gasteiger partial charge on any atom is 0.251 e. The maximum atomic E-state index is 12.1. The molecule has 0 unspecified atom stereocenters. The summed E-state index contributed by atoms with van der Waals surface area (Å²) in [6.07, 6.45) is 1.66. The van der Waals surface area contributed by atoms with Crippen molar-refractivity contribution in [2.24, 2.45) is 0 Å². The number of nitrogens with zero attached hydrogens (tertiary/aromatic N) is 1. The van der Waals surface area contributed by atoms with Crippen LogP contribution >= 0.6 is 0 Å². The summed E-state index contributed by atoms with van der Waals surface area (Å²) in [6, 6.07) is 12.5. The summed E-state index contributed by atoms with van der Waals surface area (Å²) in [6.45, 7) is 5.83. The molecule has 0 saturated heterocycles. The van der Waals surface area contributed by atoms with E-state index in [-0.39, 0.29) is 11.4 Å². The van der Waals surface area contributed by atoms with Crippen molar-refractivity contribution >= 4 is 5.91 Å². The number of nitrogens with one attached hydrogen (secondary N) is 1. The molecule has 2 aromatic rings. The quantitative estimate of drug-likeness (QED) is 0.930. The summed E-state index contributed by atoms with van der Waals surface area (Å²) in [5.41, 5.74) is 0.294. The van der Waals surface area contributed by atoms with Gasteiger partial charge in [-0.05, 0) is 45.0 Å². The molecule has 0 atom stereocenters. The number of amides is 1. The van der Waals surface area contributed by atoms with Gasteiger partial charge < -0.3 is 10.1 Å². The highest BCUT2D eigenvalue weighted by molar-refractivity contribution is 5.95. The molecule has 0 fully saturated rings. The fourth-order valence-electron chi connectivity index (χ4n) is 1.64. The van der Waals surface area contributed by atoms with E-state index in [1.165, 1.54) is 0 Å². The van der Waals surface area contributed by atoms with Gasteiger partial charge in [-0.2, -0.15) is 0 Å². The summed E-state index contributed by atoms with van der Waals surface area (Å²) >= 11 is 0. The number of carbonyl (C=O) groups excluding carboxylic acids is 1. The van der Waals surface area contributed by atoms with E-state index in [4.69, 9.17) is 4.74 Å². The van der Waals surface area contributed by atoms with E-state index >= 15 is 0 Å². The van der Waals surface area contributed by atoms with Crippen molar-refractivity contribution in [1.29, 1.82) is 0 Å². The van der Waals surface area contributed by atoms with E-state index in [9.17, 15) is 4.79 Å². The Morgan fingerprint density at radius 2 is 1.95 bits per heavy atom. The zero-order valence-corrected chi connectivity index (χ0v) is 11.9. The number of ether oxygens (including phenoxy) is 1. The van der Waals surface area contributed by atoms with Crippen molar-refractivity contribution in [3.05, 3.63) is 54.2 Å². The van der Waals surface area contributed by atoms with Gasteiger partial charge in [-0.25, -0.2) is 4.98 Å². The van der Waals surface area contributed by atoms with Gasteiger partial charge in [0.15, 0.2) is 0 Å². The average Bonchev–Trinajstić information content (AvgIpc) is 2.38. The molecule has 4 nitrogen and oxygen atoms in total. The standard InChI is InChI=1S/C16H18N2O2/c1-16(2,3)18-15(19)12-7-6-8-13(11-12)20-14-9-4-5-10-17-14/h4-11H,1-3H3,(H,18,19). The Morgan fingerprint density at radius 3 is 2.60 bits per heavy atom. The van der Waals surface area contributed by atoms with Crippen LogP contribution in [-0.2, 0) is 0 Å². The van der Waals surface area contributed by atoms with E-state index < -0.39 is 0 Å². The van der Waals surface area contributed by atoms with Crippen molar-refractivity contribution in [3.63, 3.8) is 0 Å². The first-order valence-corrected chi connectivity index (χ1v) is 6.45. The van der Waals surface area contributed by atoms with Gasteiger partial charge in [0.1, 0.15) is 5.75 Å². The number of carbonyl (C=O) groups is 1. The number of rotatable bonds is 3. The van der Waals surface area contributed by atoms with Crippen LogP contribution < -0.4 is 10.1 Å². The lowest BCUT2D eigenvalue weighted by Crippen LogP contribution is -2.40. The van der Waals surface area contributed by atoms with Crippen LogP contribution in [0.1, 0.15) is 31.1 Å². The summed E-state index contributed by atoms with van der Waals surface area (Å²) in [5.74, 6) is 0.968. The largest absolute Gasteiger partial charge is 0.439 e. The van der Waals surface area contributed by atoms with Gasteiger partial charge >= 0.3 is 0 Å². The molecule has 4 heteroatoms. The predicted octanol–water partition coefficient (Wildman–Crippen LogP) is 3.40. The first kappa shape index (κ1) is 14.1. The third-order valence-electron chi connectivity index (χ3n) is 2.44. The maximum absolute atomic E-state index is 12.1. The Hall–Kier alpha value is -2.36. The zero-order valence-electron chi connectivity index (χ0n) is 11.9. The van der Waals surface area contributed by atoms with Gasteiger partial charge in [0.2, 0.25) is 5.88 Å². The fraction of sp³-hybridized carbons (Fsp3) is 0.250. The molecule has 0 bridgehead atoms. The first-order chi connectivity index (χ1) is 9.44. The Bertz CT molecular complexity index is 589. The van der Waals surface area contributed by atoms with Crippen molar-refractivity contribution in [2.45, 2.75) is 26.3 Å². The Morgan fingerprint density at radius 1 is 1.15 bits per heavy atom. The van der Waals surface area contributed by atoms with Crippen molar-refractivity contribution < 1.29 is 9.53 Å². The second kappa shape index (κ2) is 5.74. The molecule has 0 aliphatic heterocycles. The fourth-order valence-corrected chi connectivity index (χ4v) is 1.64. The van der Waals surface area contributed by atoms with Gasteiger partial charge in [-0.15, -0.1) is 0 Å². The van der Waals surface area contributed by atoms with Gasteiger partial charge in [-0.1, -0.05) is 12.1 Å². The molecule has 1 N–H and O–H groups in total. The van der Waals surface area contributed by atoms with Gasteiger partial charge in [0.05, 0.1) is 0 Å². The molecule has 1 heterocycles. The van der Waals surface area contributed by atoms with Crippen LogP contribution in [0.4, 0.5) is 0 Å². The Balaban J connectivity index is 2.14. The molecule has 1 aromatic carbocycles. The van der Waals surface area contributed by atoms with E-state index in [0.717, 1.165) is 0 Å². The normalized spacial score (nSPS) is 10.9. The summed E-state index contributed by atoms with van der Waals surface area (Å²) in [7, 11) is 0. The van der Waals surface area contributed by atoms with Crippen LogP contribution in [-0.4, -0.2) is 16.4 Å². The van der Waals surface area contributed by atoms with Gasteiger partial charge in [-0.3, -0.25) is 4.79 Å². The Labute approximate surface area is 118 Å². The molecule has 1 amide bonds. The van der Waals surface area contributed by atoms with E-state index in [2.05, 4.69) is 10.3 Å². The van der Waals surface area contributed by atoms with E-state index in [0.29, 0.717) is 17.2 Å². The molecular formula is C16H18N2O2. The number of hydrogen-bond donors (Lipinski definition) is 1. The molecule has 0 aliphatic carbocycles. The molecule has 20 heavy (non-hydrogen) atoms. The van der Waals surface area contributed by atoms with Gasteiger partial charge in [0.25, 0.3) is 5.91 Å². The number of pyridine rings is 1. The highest BCUT2D eigenvalue weighted by Gasteiger charge is 2.15. The van der Waals surface area contributed by atoms with Crippen molar-refractivity contribution in [1.82, 2.24) is 10.3 Å². The van der Waals surface area contributed by atoms with Crippen LogP contribution in [0.25, 0.3) is 0 Å². The lowest BCUT2D eigenvalue weighted by Gasteiger charge is -2.20. The Kier molecular flexibility index (Phi) is 4.03. The molecular weight excluding hydrogens is 252 g/mol. The number of benzene rings is 1. The van der Waals surface area contributed by atoms with Crippen LogP contribution in [0, 0.1) is 0 Å². The zero-order chi connectivity index (χ0) is 14.6. The molecule has 0 aliphatic rings. The molecule has 104 valence electrons. The third kappa shape index (κ3) is 4.09. The highest BCUT2D eigenvalue weighted by Crippen LogP contribution is 2.20. The highest BCUT2D eigenvalue weighted by atomic mass is 16.5. The van der Waals surface area contributed by atoms with E-state index in [1.54, 1.807) is 36.5 Å². The lowest BCUT2D eigenvalue weighted by molar-refractivity contribution is 0.0919. The molecule has 0 radical (unpaired) electrons. The number of hydrogen-bond acceptors (Lipinski definition) is 3. The van der Waals surface area contributed by atoms with Crippen LogP contribution in [0.3, 0.4) is 0 Å². The second-order valence-corrected chi connectivity index (χ2v) is 5.50. The van der Waals surface area contributed by atoms with E-state index in [1.807, 2.05) is 32.9 Å². The first-order valence-electron chi connectivity index (χ1n) is 6.45. The summed E-state index contributed by atoms with van der Waals surface area (Å²) < 4.78 is 5.61. The predicted molar refractivity (Wildman–Crippen MR) is 78.0 cm³/mol. The molecule has 0 spiro atoms. The monoisotopic (exact) mass is 270 g/mol. The van der Waals surface area contributed by atoms with Crippen LogP contribution in [0.15, 0.2) is 48.7 Å². The van der Waals surface area contributed by atoms with Crippen molar-refractivity contribution in [3.8, 4) is 11.6 Å². The summed E-state index contributed by atoms with van der Waals surface area (Å²) in [4.78, 5) is 16.2. The topological polar surface area (TPSA) is 51.2 Å². The number of aromatic nitrogens is 1. The molecule has 0 saturated carbocycles. The average molecular weight is 270 g/mol. The minimum atomic E-state index is -0.269. The van der Waals surface area contributed by atoms with Crippen molar-refractivity contribution in [2.75, 3.05) is 0 Å². The minimum absolute atomic E-state index is 0.121. The lowest BCUT2D eigenvalue weighted by atomic mass is 10.1.